The molecule has 0 N–H and O–H groups in total. The van der Waals surface area contributed by atoms with E-state index in [1.54, 1.807) is 39.6 Å². The molecule has 8 heteroatoms. The van der Waals surface area contributed by atoms with E-state index in [9.17, 15) is 9.18 Å². The summed E-state index contributed by atoms with van der Waals surface area (Å²) in [6.07, 6.45) is 5.12. The molecule has 0 aliphatic carbocycles. The largest absolute Gasteiger partial charge is 0.350 e. The molecular weight excluding hydrogens is 424 g/mol. The van der Waals surface area contributed by atoms with Crippen molar-refractivity contribution in [2.45, 2.75) is 6.54 Å². The molecule has 0 unspecified atom stereocenters. The van der Waals surface area contributed by atoms with E-state index in [0.717, 1.165) is 11.1 Å². The average Bonchev–Trinajstić information content (AvgIpc) is 3.14. The Morgan fingerprint density at radius 2 is 2.04 bits per heavy atom. The summed E-state index contributed by atoms with van der Waals surface area (Å²) in [6, 6.07) is 10.2. The number of aromatic nitrogens is 5. The first-order chi connectivity index (χ1) is 11.6. The fourth-order valence-electron chi connectivity index (χ4n) is 2.54. The molecule has 0 saturated heterocycles. The molecule has 120 valence electrons. The van der Waals surface area contributed by atoms with E-state index in [1.807, 2.05) is 35.1 Å². The lowest BCUT2D eigenvalue weighted by molar-refractivity contribution is 0.578. The number of halogens is 2. The maximum atomic E-state index is 14.4. The fraction of sp³-hybridized carbons (Fsp3) is 0.0625. The molecule has 3 heterocycles. The van der Waals surface area contributed by atoms with E-state index in [-0.39, 0.29) is 18.1 Å². The molecule has 6 nitrogen and oxygen atoms in total. The monoisotopic (exact) mass is 435 g/mol. The van der Waals surface area contributed by atoms with Crippen LogP contribution in [0.25, 0.3) is 16.8 Å². The summed E-state index contributed by atoms with van der Waals surface area (Å²) in [5.74, 6) is -0.377. The SMILES string of the molecule is O=c1n(Cc2ccc(-c3cnn(I)c3)cc2F)nc2ccccn12. The van der Waals surface area contributed by atoms with E-state index in [2.05, 4.69) is 10.2 Å². The van der Waals surface area contributed by atoms with Crippen LogP contribution in [-0.2, 0) is 6.54 Å². The van der Waals surface area contributed by atoms with Crippen molar-refractivity contribution in [1.29, 1.82) is 0 Å². The average molecular weight is 435 g/mol. The lowest BCUT2D eigenvalue weighted by Gasteiger charge is -2.04. The number of benzene rings is 1. The molecule has 1 aromatic carbocycles. The minimum absolute atomic E-state index is 0.0815. The summed E-state index contributed by atoms with van der Waals surface area (Å²) >= 11 is 2.03. The van der Waals surface area contributed by atoms with Gasteiger partial charge in [0.1, 0.15) is 5.82 Å². The van der Waals surface area contributed by atoms with Gasteiger partial charge in [-0.3, -0.25) is 4.40 Å². The van der Waals surface area contributed by atoms with Crippen LogP contribution < -0.4 is 5.69 Å². The van der Waals surface area contributed by atoms with E-state index in [1.165, 1.54) is 15.1 Å². The Hall–Kier alpha value is -2.49. The molecule has 0 spiro atoms. The van der Waals surface area contributed by atoms with Gasteiger partial charge in [0, 0.05) is 23.5 Å². The van der Waals surface area contributed by atoms with Gasteiger partial charge in [-0.05, 0) is 23.8 Å². The van der Waals surface area contributed by atoms with Crippen molar-refractivity contribution >= 4 is 28.5 Å². The first-order valence-electron chi connectivity index (χ1n) is 7.16. The van der Waals surface area contributed by atoms with Crippen molar-refractivity contribution in [1.82, 2.24) is 22.2 Å². The maximum absolute atomic E-state index is 14.4. The Morgan fingerprint density at radius 1 is 1.17 bits per heavy atom. The molecule has 0 saturated carbocycles. The molecule has 4 rings (SSSR count). The first-order valence-corrected chi connectivity index (χ1v) is 8.12. The molecule has 4 aromatic rings. The third-order valence-corrected chi connectivity index (χ3v) is 4.28. The van der Waals surface area contributed by atoms with Gasteiger partial charge in [0.25, 0.3) is 0 Å². The minimum atomic E-state index is -0.377. The van der Waals surface area contributed by atoms with Crippen LogP contribution in [0, 0.1) is 5.82 Å². The van der Waals surface area contributed by atoms with Gasteiger partial charge in [-0.1, -0.05) is 18.2 Å². The summed E-state index contributed by atoms with van der Waals surface area (Å²) in [4.78, 5) is 12.3. The molecule has 0 fully saturated rings. The predicted octanol–water partition coefficient (Wildman–Crippen LogP) is 2.75. The highest BCUT2D eigenvalue weighted by Crippen LogP contribution is 2.22. The zero-order valence-electron chi connectivity index (χ0n) is 12.3. The molecule has 0 aliphatic heterocycles. The maximum Gasteiger partial charge on any atom is 0.350 e. The molecule has 0 atom stereocenters. The highest BCUT2D eigenvalue weighted by atomic mass is 127. The van der Waals surface area contributed by atoms with Gasteiger partial charge in [0.2, 0.25) is 0 Å². The lowest BCUT2D eigenvalue weighted by atomic mass is 10.1. The Balaban J connectivity index is 1.69. The number of fused-ring (bicyclic) bond motifs is 1. The van der Waals surface area contributed by atoms with Crippen molar-refractivity contribution in [2.75, 3.05) is 0 Å². The van der Waals surface area contributed by atoms with Crippen molar-refractivity contribution < 1.29 is 4.39 Å². The molecular formula is C16H11FIN5O. The lowest BCUT2D eigenvalue weighted by Crippen LogP contribution is -2.22. The van der Waals surface area contributed by atoms with E-state index >= 15 is 0 Å². The second-order valence-corrected chi connectivity index (χ2v) is 6.28. The van der Waals surface area contributed by atoms with Crippen molar-refractivity contribution in [3.8, 4) is 11.1 Å². The fourth-order valence-corrected chi connectivity index (χ4v) is 2.96. The Kier molecular flexibility index (Phi) is 3.68. The zero-order valence-corrected chi connectivity index (χ0v) is 14.5. The Labute approximate surface area is 149 Å². The summed E-state index contributed by atoms with van der Waals surface area (Å²) in [6.45, 7) is 0.0815. The summed E-state index contributed by atoms with van der Waals surface area (Å²) in [5, 5.41) is 8.29. The number of rotatable bonds is 3. The van der Waals surface area contributed by atoms with Crippen LogP contribution in [-0.4, -0.2) is 22.2 Å². The van der Waals surface area contributed by atoms with Crippen molar-refractivity contribution in [3.63, 3.8) is 0 Å². The number of hydrogen-bond donors (Lipinski definition) is 0. The van der Waals surface area contributed by atoms with Crippen molar-refractivity contribution in [2.24, 2.45) is 0 Å². The molecule has 0 aliphatic rings. The summed E-state index contributed by atoms with van der Waals surface area (Å²) in [7, 11) is 0. The molecule has 0 bridgehead atoms. The highest BCUT2D eigenvalue weighted by Gasteiger charge is 2.11. The summed E-state index contributed by atoms with van der Waals surface area (Å²) < 4.78 is 18.8. The molecule has 0 amide bonds. The molecule has 0 radical (unpaired) electrons. The van der Waals surface area contributed by atoms with Crippen LogP contribution in [0.5, 0.6) is 0 Å². The predicted molar refractivity (Wildman–Crippen MR) is 95.6 cm³/mol. The minimum Gasteiger partial charge on any atom is -0.250 e. The van der Waals surface area contributed by atoms with Gasteiger partial charge in [-0.2, -0.15) is 5.10 Å². The third kappa shape index (κ3) is 2.62. The smallest absolute Gasteiger partial charge is 0.250 e. The highest BCUT2D eigenvalue weighted by molar-refractivity contribution is 14.1. The number of pyridine rings is 1. The second-order valence-electron chi connectivity index (χ2n) is 5.29. The topological polar surface area (TPSA) is 57.1 Å². The Bertz CT molecular complexity index is 1100. The van der Waals surface area contributed by atoms with Crippen LogP contribution in [0.1, 0.15) is 5.56 Å². The quantitative estimate of drug-likeness (QED) is 0.466. The van der Waals surface area contributed by atoms with E-state index < -0.39 is 0 Å². The summed E-state index contributed by atoms with van der Waals surface area (Å²) in [5.41, 5.74) is 2.22. The standard InChI is InChI=1S/C16H11FIN5O/c17-14-7-11(13-8-19-23(18)10-13)4-5-12(14)9-22-16(24)21-6-2-1-3-15(21)20-22/h1-8,10H,9H2. The van der Waals surface area contributed by atoms with Gasteiger partial charge in [0.05, 0.1) is 35.6 Å². The van der Waals surface area contributed by atoms with E-state index in [0.29, 0.717) is 11.2 Å². The van der Waals surface area contributed by atoms with Gasteiger partial charge in [-0.15, -0.1) is 5.10 Å². The second kappa shape index (κ2) is 5.86. The first kappa shape index (κ1) is 15.1. The van der Waals surface area contributed by atoms with Crippen LogP contribution in [0.2, 0.25) is 0 Å². The van der Waals surface area contributed by atoms with Crippen LogP contribution >= 0.6 is 22.9 Å². The number of hydrogen-bond acceptors (Lipinski definition) is 3. The van der Waals surface area contributed by atoms with E-state index in [4.69, 9.17) is 0 Å². The van der Waals surface area contributed by atoms with Crippen LogP contribution in [0.4, 0.5) is 4.39 Å². The zero-order chi connectivity index (χ0) is 16.7. The van der Waals surface area contributed by atoms with Crippen LogP contribution in [0.15, 0.2) is 59.8 Å². The van der Waals surface area contributed by atoms with Gasteiger partial charge in [-0.25, -0.2) is 16.8 Å². The van der Waals surface area contributed by atoms with Gasteiger partial charge in [0.15, 0.2) is 5.65 Å². The normalized spacial score (nSPS) is 11.2. The van der Waals surface area contributed by atoms with Gasteiger partial charge >= 0.3 is 5.69 Å². The third-order valence-electron chi connectivity index (χ3n) is 3.75. The number of nitrogens with zero attached hydrogens (tertiary/aromatic N) is 5. The van der Waals surface area contributed by atoms with Gasteiger partial charge < -0.3 is 0 Å². The van der Waals surface area contributed by atoms with Crippen LogP contribution in [0.3, 0.4) is 0 Å². The van der Waals surface area contributed by atoms with Crippen molar-refractivity contribution in [3.05, 3.63) is 76.9 Å². The molecule has 24 heavy (non-hydrogen) atoms. The molecule has 3 aromatic heterocycles. The Morgan fingerprint density at radius 3 is 2.75 bits per heavy atom.